The van der Waals surface area contributed by atoms with E-state index in [4.69, 9.17) is 0 Å². The van der Waals surface area contributed by atoms with Crippen molar-refractivity contribution >= 4 is 5.82 Å². The summed E-state index contributed by atoms with van der Waals surface area (Å²) in [6, 6.07) is 2.21. The molecule has 0 atom stereocenters. The average Bonchev–Trinajstić information content (AvgIpc) is 2.50. The predicted molar refractivity (Wildman–Crippen MR) is 50.5 cm³/mol. The molecule has 0 spiro atoms. The first-order chi connectivity index (χ1) is 5.81. The van der Waals surface area contributed by atoms with Crippen LogP contribution in [0, 0.1) is 6.92 Å². The molecule has 0 amide bonds. The zero-order chi connectivity index (χ0) is 8.55. The van der Waals surface area contributed by atoms with Gasteiger partial charge in [-0.05, 0) is 43.4 Å². The normalized spacial score (nSPS) is 14.5. The Labute approximate surface area is 73.0 Å². The van der Waals surface area contributed by atoms with Crippen molar-refractivity contribution in [1.29, 1.82) is 0 Å². The number of anilines is 1. The van der Waals surface area contributed by atoms with Gasteiger partial charge in [0.25, 0.3) is 0 Å². The van der Waals surface area contributed by atoms with Crippen LogP contribution in [0.25, 0.3) is 0 Å². The van der Waals surface area contributed by atoms with Gasteiger partial charge in [0.2, 0.25) is 0 Å². The molecule has 1 aliphatic carbocycles. The summed E-state index contributed by atoms with van der Waals surface area (Å²) in [6.45, 7) is 2.06. The Morgan fingerprint density at radius 3 is 3.00 bits per heavy atom. The van der Waals surface area contributed by atoms with Crippen molar-refractivity contribution in [2.45, 2.75) is 26.2 Å². The van der Waals surface area contributed by atoms with E-state index in [9.17, 15) is 0 Å². The van der Waals surface area contributed by atoms with Gasteiger partial charge in [0.1, 0.15) is 5.82 Å². The summed E-state index contributed by atoms with van der Waals surface area (Å²) in [5.41, 5.74) is 4.05. The SMILES string of the molecule is CNc1nc(C)cc2c1CCC2. The van der Waals surface area contributed by atoms with E-state index < -0.39 is 0 Å². The topological polar surface area (TPSA) is 24.9 Å². The number of aromatic nitrogens is 1. The fourth-order valence-corrected chi connectivity index (χ4v) is 1.93. The molecule has 1 aromatic rings. The Kier molecular flexibility index (Phi) is 1.75. The van der Waals surface area contributed by atoms with Gasteiger partial charge in [-0.15, -0.1) is 0 Å². The van der Waals surface area contributed by atoms with Crippen molar-refractivity contribution in [2.75, 3.05) is 12.4 Å². The summed E-state index contributed by atoms with van der Waals surface area (Å²) in [4.78, 5) is 4.45. The molecule has 1 N–H and O–H groups in total. The van der Waals surface area contributed by atoms with Crippen LogP contribution in [0.3, 0.4) is 0 Å². The number of pyridine rings is 1. The van der Waals surface area contributed by atoms with E-state index >= 15 is 0 Å². The van der Waals surface area contributed by atoms with Crippen molar-refractivity contribution in [3.8, 4) is 0 Å². The van der Waals surface area contributed by atoms with Gasteiger partial charge in [0, 0.05) is 12.7 Å². The zero-order valence-electron chi connectivity index (χ0n) is 7.65. The molecular weight excluding hydrogens is 148 g/mol. The van der Waals surface area contributed by atoms with Gasteiger partial charge in [-0.25, -0.2) is 4.98 Å². The first-order valence-corrected chi connectivity index (χ1v) is 4.48. The highest BCUT2D eigenvalue weighted by molar-refractivity contribution is 5.51. The molecule has 0 aliphatic heterocycles. The fraction of sp³-hybridized carbons (Fsp3) is 0.500. The minimum absolute atomic E-state index is 1.09. The molecule has 2 rings (SSSR count). The third-order valence-corrected chi connectivity index (χ3v) is 2.45. The molecule has 2 heteroatoms. The lowest BCUT2D eigenvalue weighted by atomic mass is 10.1. The molecule has 0 saturated carbocycles. The first kappa shape index (κ1) is 7.59. The van der Waals surface area contributed by atoms with E-state index in [0.29, 0.717) is 0 Å². The van der Waals surface area contributed by atoms with Gasteiger partial charge >= 0.3 is 0 Å². The molecule has 2 nitrogen and oxygen atoms in total. The van der Waals surface area contributed by atoms with E-state index in [-0.39, 0.29) is 0 Å². The number of rotatable bonds is 1. The lowest BCUT2D eigenvalue weighted by molar-refractivity contribution is 0.911. The second kappa shape index (κ2) is 2.77. The zero-order valence-corrected chi connectivity index (χ0v) is 7.65. The fourth-order valence-electron chi connectivity index (χ4n) is 1.93. The van der Waals surface area contributed by atoms with Crippen molar-refractivity contribution in [1.82, 2.24) is 4.98 Å². The predicted octanol–water partition coefficient (Wildman–Crippen LogP) is 1.92. The summed E-state index contributed by atoms with van der Waals surface area (Å²) in [5.74, 6) is 1.09. The largest absolute Gasteiger partial charge is 0.373 e. The van der Waals surface area contributed by atoms with Gasteiger partial charge in [0.15, 0.2) is 0 Å². The quantitative estimate of drug-likeness (QED) is 0.682. The highest BCUT2D eigenvalue weighted by atomic mass is 15.0. The Morgan fingerprint density at radius 1 is 1.42 bits per heavy atom. The van der Waals surface area contributed by atoms with Gasteiger partial charge in [-0.3, -0.25) is 0 Å². The van der Waals surface area contributed by atoms with Crippen LogP contribution in [-0.2, 0) is 12.8 Å². The van der Waals surface area contributed by atoms with Gasteiger partial charge in [-0.1, -0.05) is 0 Å². The number of nitrogens with one attached hydrogen (secondary N) is 1. The lowest BCUT2D eigenvalue weighted by Gasteiger charge is -2.07. The third-order valence-electron chi connectivity index (χ3n) is 2.45. The highest BCUT2D eigenvalue weighted by Gasteiger charge is 2.15. The molecule has 1 aliphatic rings. The van der Waals surface area contributed by atoms with Gasteiger partial charge in [0.05, 0.1) is 0 Å². The molecule has 0 radical (unpaired) electrons. The molecule has 0 unspecified atom stereocenters. The van der Waals surface area contributed by atoms with Crippen LogP contribution in [0.4, 0.5) is 5.82 Å². The van der Waals surface area contributed by atoms with Crippen LogP contribution < -0.4 is 5.32 Å². The number of hydrogen-bond donors (Lipinski definition) is 1. The number of nitrogens with zero attached hydrogens (tertiary/aromatic N) is 1. The Balaban J connectivity index is 2.55. The van der Waals surface area contributed by atoms with Gasteiger partial charge < -0.3 is 5.32 Å². The summed E-state index contributed by atoms with van der Waals surface area (Å²) >= 11 is 0. The molecule has 0 bridgehead atoms. The molecule has 1 heterocycles. The lowest BCUT2D eigenvalue weighted by Crippen LogP contribution is -1.99. The summed E-state index contributed by atoms with van der Waals surface area (Å²) in [5, 5.41) is 3.16. The molecule has 0 aromatic carbocycles. The molecule has 1 aromatic heterocycles. The molecule has 12 heavy (non-hydrogen) atoms. The van der Waals surface area contributed by atoms with Crippen molar-refractivity contribution in [3.63, 3.8) is 0 Å². The van der Waals surface area contributed by atoms with Gasteiger partial charge in [-0.2, -0.15) is 0 Å². The number of aryl methyl sites for hydroxylation is 2. The Hall–Kier alpha value is -1.05. The van der Waals surface area contributed by atoms with E-state index in [2.05, 4.69) is 23.3 Å². The minimum atomic E-state index is 1.09. The van der Waals surface area contributed by atoms with E-state index in [0.717, 1.165) is 11.5 Å². The average molecular weight is 162 g/mol. The van der Waals surface area contributed by atoms with E-state index in [1.165, 1.54) is 30.4 Å². The van der Waals surface area contributed by atoms with E-state index in [1.54, 1.807) is 0 Å². The molecule has 64 valence electrons. The second-order valence-corrected chi connectivity index (χ2v) is 3.35. The van der Waals surface area contributed by atoms with Crippen molar-refractivity contribution < 1.29 is 0 Å². The Morgan fingerprint density at radius 2 is 2.25 bits per heavy atom. The third kappa shape index (κ3) is 1.07. The summed E-state index contributed by atoms with van der Waals surface area (Å²) in [7, 11) is 1.94. The maximum Gasteiger partial charge on any atom is 0.129 e. The Bertz CT molecular complexity index is 305. The molecule has 0 saturated heterocycles. The summed E-state index contributed by atoms with van der Waals surface area (Å²) < 4.78 is 0. The standard InChI is InChI=1S/C10H14N2/c1-7-6-8-4-3-5-9(8)10(11-2)12-7/h6H,3-5H2,1-2H3,(H,11,12). The number of hydrogen-bond acceptors (Lipinski definition) is 2. The van der Waals surface area contributed by atoms with Crippen molar-refractivity contribution in [3.05, 3.63) is 22.9 Å². The van der Waals surface area contributed by atoms with Crippen LogP contribution in [-0.4, -0.2) is 12.0 Å². The van der Waals surface area contributed by atoms with E-state index in [1.807, 2.05) is 7.05 Å². The number of fused-ring (bicyclic) bond motifs is 1. The van der Waals surface area contributed by atoms with Crippen LogP contribution in [0.15, 0.2) is 6.07 Å². The van der Waals surface area contributed by atoms with Crippen LogP contribution in [0.2, 0.25) is 0 Å². The maximum absolute atomic E-state index is 4.45. The first-order valence-electron chi connectivity index (χ1n) is 4.48. The molecule has 0 fully saturated rings. The second-order valence-electron chi connectivity index (χ2n) is 3.35. The van der Waals surface area contributed by atoms with Crippen molar-refractivity contribution in [2.24, 2.45) is 0 Å². The van der Waals surface area contributed by atoms with Crippen LogP contribution in [0.5, 0.6) is 0 Å². The maximum atomic E-state index is 4.45. The smallest absolute Gasteiger partial charge is 0.129 e. The monoisotopic (exact) mass is 162 g/mol. The van der Waals surface area contributed by atoms with Crippen LogP contribution >= 0.6 is 0 Å². The minimum Gasteiger partial charge on any atom is -0.373 e. The highest BCUT2D eigenvalue weighted by Crippen LogP contribution is 2.27. The van der Waals surface area contributed by atoms with Crippen LogP contribution in [0.1, 0.15) is 23.2 Å². The summed E-state index contributed by atoms with van der Waals surface area (Å²) in [6.07, 6.45) is 3.71. The molecular formula is C10H14N2.